The molecule has 0 aliphatic carbocycles. The van der Waals surface area contributed by atoms with Crippen molar-refractivity contribution >= 4 is 17.2 Å². The van der Waals surface area contributed by atoms with Crippen LogP contribution in [0.2, 0.25) is 0 Å². The number of hydrogen-bond donors (Lipinski definition) is 2. The van der Waals surface area contributed by atoms with Gasteiger partial charge in [-0.2, -0.15) is 24.5 Å². The third-order valence-corrected chi connectivity index (χ3v) is 4.04. The fourth-order valence-electron chi connectivity index (χ4n) is 2.03. The average molecular weight is 343 g/mol. The van der Waals surface area contributed by atoms with E-state index in [1.807, 2.05) is 16.8 Å². The third-order valence-electron chi connectivity index (χ3n) is 3.31. The molecule has 0 spiro atoms. The highest BCUT2D eigenvalue weighted by Crippen LogP contribution is 2.30. The summed E-state index contributed by atoms with van der Waals surface area (Å²) in [5.41, 5.74) is 0.361. The topological polar surface area (TPSA) is 49.3 Å². The monoisotopic (exact) mass is 343 g/mol. The fraction of sp³-hybridized carbons (Fsp3) is 0.312. The lowest BCUT2D eigenvalue weighted by Crippen LogP contribution is -2.28. The molecule has 0 aliphatic rings. The van der Waals surface area contributed by atoms with Crippen molar-refractivity contribution in [2.75, 3.05) is 6.54 Å². The van der Waals surface area contributed by atoms with E-state index in [0.717, 1.165) is 17.7 Å². The van der Waals surface area contributed by atoms with Crippen molar-refractivity contribution in [2.24, 2.45) is 0 Å². The highest BCUT2D eigenvalue weighted by molar-refractivity contribution is 7.07. The maximum Gasteiger partial charge on any atom is 0.416 e. The average Bonchev–Trinajstić information content (AvgIpc) is 3.03. The first kappa shape index (κ1) is 17.5. The molecule has 0 bridgehead atoms. The first-order chi connectivity index (χ1) is 10.9. The molecular formula is C16H16F3NO2S. The zero-order valence-corrected chi connectivity index (χ0v) is 13.0. The molecule has 0 fully saturated rings. The Morgan fingerprint density at radius 2 is 2.09 bits per heavy atom. The molecule has 0 unspecified atom stereocenters. The maximum absolute atomic E-state index is 12.6. The van der Waals surface area contributed by atoms with E-state index in [9.17, 15) is 23.1 Å². The van der Waals surface area contributed by atoms with Gasteiger partial charge in [-0.25, -0.2) is 0 Å². The number of carbonyl (C=O) groups excluding carboxylic acids is 1. The largest absolute Gasteiger partial charge is 0.416 e. The minimum atomic E-state index is -4.46. The predicted octanol–water partition coefficient (Wildman–Crippen LogP) is 3.55. The van der Waals surface area contributed by atoms with Crippen LogP contribution in [0.15, 0.2) is 41.1 Å². The van der Waals surface area contributed by atoms with Gasteiger partial charge in [0.2, 0.25) is 5.91 Å². The quantitative estimate of drug-likeness (QED) is 0.843. The molecule has 1 heterocycles. The number of nitrogens with one attached hydrogen (secondary N) is 1. The van der Waals surface area contributed by atoms with Crippen molar-refractivity contribution in [3.05, 3.63) is 57.8 Å². The first-order valence-electron chi connectivity index (χ1n) is 6.99. The Balaban J connectivity index is 1.84. The fourth-order valence-corrected chi connectivity index (χ4v) is 2.73. The van der Waals surface area contributed by atoms with Crippen LogP contribution in [-0.4, -0.2) is 17.6 Å². The molecule has 124 valence electrons. The van der Waals surface area contributed by atoms with Gasteiger partial charge in [-0.05, 0) is 46.5 Å². The second-order valence-electron chi connectivity index (χ2n) is 5.07. The first-order valence-corrected chi connectivity index (χ1v) is 7.93. The van der Waals surface area contributed by atoms with Crippen LogP contribution >= 0.6 is 11.3 Å². The van der Waals surface area contributed by atoms with Gasteiger partial charge >= 0.3 is 6.18 Å². The molecule has 3 nitrogen and oxygen atoms in total. The van der Waals surface area contributed by atoms with Crippen LogP contribution in [-0.2, 0) is 17.4 Å². The summed E-state index contributed by atoms with van der Waals surface area (Å²) >= 11 is 1.55. The molecule has 0 saturated heterocycles. The molecule has 2 aromatic rings. The number of aryl methyl sites for hydroxylation is 1. The van der Waals surface area contributed by atoms with Crippen LogP contribution < -0.4 is 5.32 Å². The summed E-state index contributed by atoms with van der Waals surface area (Å²) in [6.07, 6.45) is -4.78. The van der Waals surface area contributed by atoms with Crippen molar-refractivity contribution in [1.29, 1.82) is 0 Å². The molecule has 0 radical (unpaired) electrons. The molecule has 1 atom stereocenters. The zero-order chi connectivity index (χ0) is 16.9. The minimum Gasteiger partial charge on any atom is -0.387 e. The summed E-state index contributed by atoms with van der Waals surface area (Å²) in [5.74, 6) is -0.248. The number of aliphatic hydroxyl groups excluding tert-OH is 1. The van der Waals surface area contributed by atoms with Crippen LogP contribution in [0.4, 0.5) is 13.2 Å². The van der Waals surface area contributed by atoms with E-state index >= 15 is 0 Å². The Hall–Kier alpha value is -1.86. The molecule has 0 aliphatic heterocycles. The van der Waals surface area contributed by atoms with Gasteiger partial charge in [0.05, 0.1) is 11.7 Å². The number of thiophene rings is 1. The molecule has 2 rings (SSSR count). The number of aliphatic hydroxyl groups is 1. The molecule has 7 heteroatoms. The van der Waals surface area contributed by atoms with Crippen molar-refractivity contribution in [3.8, 4) is 0 Å². The highest BCUT2D eigenvalue weighted by atomic mass is 32.1. The van der Waals surface area contributed by atoms with Crippen LogP contribution in [0.25, 0.3) is 0 Å². The van der Waals surface area contributed by atoms with Gasteiger partial charge in [-0.1, -0.05) is 12.1 Å². The number of alkyl halides is 3. The van der Waals surface area contributed by atoms with Crippen molar-refractivity contribution in [1.82, 2.24) is 5.32 Å². The van der Waals surface area contributed by atoms with Crippen LogP contribution in [0.3, 0.4) is 0 Å². The molecule has 2 N–H and O–H groups in total. The Kier molecular flexibility index (Phi) is 5.79. The van der Waals surface area contributed by atoms with Crippen LogP contribution in [0.1, 0.15) is 29.2 Å². The summed E-state index contributed by atoms with van der Waals surface area (Å²) in [5, 5.41) is 16.3. The van der Waals surface area contributed by atoms with E-state index in [0.29, 0.717) is 6.42 Å². The highest BCUT2D eigenvalue weighted by Gasteiger charge is 2.30. The van der Waals surface area contributed by atoms with Crippen LogP contribution in [0, 0.1) is 0 Å². The Labute approximate surface area is 135 Å². The number of benzene rings is 1. The standard InChI is InChI=1S/C16H16F3NO2S/c17-16(18,19)13-3-1-2-12(8-13)14(21)9-20-15(22)5-4-11-6-7-23-10-11/h1-3,6-8,10,14,21H,4-5,9H2,(H,20,22)/t14-/m0/s1. The van der Waals surface area contributed by atoms with Gasteiger partial charge in [-0.15, -0.1) is 0 Å². The predicted molar refractivity (Wildman–Crippen MR) is 82.1 cm³/mol. The molecule has 1 amide bonds. The normalized spacial score (nSPS) is 12.9. The van der Waals surface area contributed by atoms with Gasteiger partial charge in [0.25, 0.3) is 0 Å². The van der Waals surface area contributed by atoms with Crippen LogP contribution in [0.5, 0.6) is 0 Å². The van der Waals surface area contributed by atoms with E-state index in [1.54, 1.807) is 11.3 Å². The number of rotatable bonds is 6. The molecular weight excluding hydrogens is 327 g/mol. The summed E-state index contributed by atoms with van der Waals surface area (Å²) < 4.78 is 37.9. The Morgan fingerprint density at radius 3 is 2.74 bits per heavy atom. The second-order valence-corrected chi connectivity index (χ2v) is 5.85. The summed E-state index contributed by atoms with van der Waals surface area (Å²) in [7, 11) is 0. The molecule has 0 saturated carbocycles. The lowest BCUT2D eigenvalue weighted by molar-refractivity contribution is -0.137. The van der Waals surface area contributed by atoms with E-state index in [1.165, 1.54) is 12.1 Å². The molecule has 1 aromatic carbocycles. The van der Waals surface area contributed by atoms with Gasteiger partial charge in [-0.3, -0.25) is 4.79 Å². The smallest absolute Gasteiger partial charge is 0.387 e. The van der Waals surface area contributed by atoms with Gasteiger partial charge in [0.1, 0.15) is 0 Å². The number of amides is 1. The van der Waals surface area contributed by atoms with Gasteiger partial charge < -0.3 is 10.4 Å². The maximum atomic E-state index is 12.6. The second kappa shape index (κ2) is 7.61. The number of carbonyl (C=O) groups is 1. The minimum absolute atomic E-state index is 0.121. The van der Waals surface area contributed by atoms with E-state index < -0.39 is 17.8 Å². The number of halogens is 3. The summed E-state index contributed by atoms with van der Waals surface area (Å²) in [4.78, 5) is 11.7. The lowest BCUT2D eigenvalue weighted by Gasteiger charge is -2.14. The van der Waals surface area contributed by atoms with E-state index in [4.69, 9.17) is 0 Å². The lowest BCUT2D eigenvalue weighted by atomic mass is 10.1. The Morgan fingerprint density at radius 1 is 1.30 bits per heavy atom. The number of hydrogen-bond acceptors (Lipinski definition) is 3. The Bertz CT molecular complexity index is 641. The van der Waals surface area contributed by atoms with Crippen molar-refractivity contribution in [3.63, 3.8) is 0 Å². The van der Waals surface area contributed by atoms with Gasteiger partial charge in [0.15, 0.2) is 0 Å². The van der Waals surface area contributed by atoms with E-state index in [-0.39, 0.29) is 24.4 Å². The third kappa shape index (κ3) is 5.37. The van der Waals surface area contributed by atoms with Crippen molar-refractivity contribution in [2.45, 2.75) is 25.1 Å². The van der Waals surface area contributed by atoms with E-state index in [2.05, 4.69) is 5.32 Å². The van der Waals surface area contributed by atoms with Gasteiger partial charge in [0, 0.05) is 13.0 Å². The summed E-state index contributed by atoms with van der Waals surface area (Å²) in [6, 6.07) is 6.39. The molecule has 23 heavy (non-hydrogen) atoms. The molecule has 1 aromatic heterocycles. The SMILES string of the molecule is O=C(CCc1ccsc1)NC[C@H](O)c1cccc(C(F)(F)F)c1. The zero-order valence-electron chi connectivity index (χ0n) is 12.1. The van der Waals surface area contributed by atoms with Crippen molar-refractivity contribution < 1.29 is 23.1 Å². The summed E-state index contributed by atoms with van der Waals surface area (Å²) in [6.45, 7) is -0.121.